The van der Waals surface area contributed by atoms with Gasteiger partial charge in [0.25, 0.3) is 5.91 Å². The number of nitrogens with zero attached hydrogens (tertiary/aromatic N) is 1. The second-order valence-corrected chi connectivity index (χ2v) is 7.12. The average molecular weight is 380 g/mol. The quantitative estimate of drug-likeness (QED) is 0.559. The van der Waals surface area contributed by atoms with Crippen LogP contribution in [0.4, 0.5) is 0 Å². The lowest BCUT2D eigenvalue weighted by molar-refractivity contribution is -0.130. The number of hydrogen-bond donors (Lipinski definition) is 2. The first-order chi connectivity index (χ1) is 13.6. The molecule has 5 nitrogen and oxygen atoms in total. The van der Waals surface area contributed by atoms with Crippen LogP contribution in [0.1, 0.15) is 23.6 Å². The third-order valence-corrected chi connectivity index (χ3v) is 4.98. The zero-order chi connectivity index (χ0) is 19.9. The van der Waals surface area contributed by atoms with Crippen LogP contribution in [0.15, 0.2) is 48.7 Å². The molecule has 2 N–H and O–H groups in total. The van der Waals surface area contributed by atoms with Crippen molar-refractivity contribution in [3.63, 3.8) is 0 Å². The lowest BCUT2D eigenvalue weighted by Crippen LogP contribution is -2.28. The fourth-order valence-electron chi connectivity index (χ4n) is 3.28. The minimum absolute atomic E-state index is 0.0476. The Hall–Kier alpha value is -2.79. The van der Waals surface area contributed by atoms with E-state index in [1.807, 2.05) is 24.3 Å². The number of carbonyl (C=O) groups excluding carboxylic acids is 1. The molecule has 0 aliphatic rings. The predicted octanol–water partition coefficient (Wildman–Crippen LogP) is 3.53. The molecular weight excluding hydrogens is 350 g/mol. The minimum atomic E-state index is -0.0476. The molecule has 0 radical (unpaired) electrons. The molecule has 1 heterocycles. The number of amides is 1. The summed E-state index contributed by atoms with van der Waals surface area (Å²) in [5, 5.41) is 4.81. The number of aromatic nitrogens is 1. The average Bonchev–Trinajstić information content (AvgIpc) is 3.13. The van der Waals surface area contributed by atoms with E-state index in [9.17, 15) is 4.79 Å². The molecule has 3 rings (SSSR count). The van der Waals surface area contributed by atoms with E-state index in [0.29, 0.717) is 6.54 Å². The van der Waals surface area contributed by atoms with E-state index in [0.717, 1.165) is 30.7 Å². The molecule has 0 unspecified atom stereocenters. The van der Waals surface area contributed by atoms with E-state index < -0.39 is 0 Å². The van der Waals surface area contributed by atoms with E-state index in [-0.39, 0.29) is 12.5 Å². The molecule has 0 saturated heterocycles. The van der Waals surface area contributed by atoms with E-state index in [1.165, 1.54) is 26.9 Å². The molecule has 0 bridgehead atoms. The first-order valence-corrected chi connectivity index (χ1v) is 9.79. The van der Waals surface area contributed by atoms with Crippen molar-refractivity contribution in [1.82, 2.24) is 15.2 Å². The Kier molecular flexibility index (Phi) is 6.71. The Morgan fingerprint density at radius 1 is 1.07 bits per heavy atom. The Balaban J connectivity index is 1.55. The van der Waals surface area contributed by atoms with Crippen LogP contribution >= 0.6 is 0 Å². The van der Waals surface area contributed by atoms with Crippen molar-refractivity contribution in [1.29, 1.82) is 0 Å². The summed E-state index contributed by atoms with van der Waals surface area (Å²) in [4.78, 5) is 16.7. The van der Waals surface area contributed by atoms with Crippen LogP contribution in [0.3, 0.4) is 0 Å². The highest BCUT2D eigenvalue weighted by molar-refractivity contribution is 5.86. The van der Waals surface area contributed by atoms with Gasteiger partial charge in [-0.05, 0) is 36.6 Å². The van der Waals surface area contributed by atoms with E-state index in [4.69, 9.17) is 4.74 Å². The Morgan fingerprint density at radius 2 is 1.86 bits per heavy atom. The third-order valence-electron chi connectivity index (χ3n) is 4.98. The zero-order valence-electron chi connectivity index (χ0n) is 16.9. The number of para-hydroxylation sites is 2. The number of benzene rings is 2. The van der Waals surface area contributed by atoms with Gasteiger partial charge in [-0.25, -0.2) is 0 Å². The van der Waals surface area contributed by atoms with Crippen molar-refractivity contribution in [2.24, 2.45) is 0 Å². The second-order valence-electron chi connectivity index (χ2n) is 7.12. The Labute approximate surface area is 166 Å². The molecule has 3 aromatic rings. The molecular formula is C23H29N3O2. The molecule has 1 amide bonds. The molecule has 2 aromatic carbocycles. The number of aryl methyl sites for hydroxylation is 1. The van der Waals surface area contributed by atoms with Gasteiger partial charge in [0.1, 0.15) is 5.75 Å². The monoisotopic (exact) mass is 379 g/mol. The number of rotatable bonds is 9. The van der Waals surface area contributed by atoms with Gasteiger partial charge in [-0.1, -0.05) is 43.3 Å². The SMILES string of the molecule is CCc1cccc2c(CCNCc3ccccc3OCC(=O)N(C)C)c[nH]c12. The van der Waals surface area contributed by atoms with E-state index in [2.05, 4.69) is 41.6 Å². The number of fused-ring (bicyclic) bond motifs is 1. The number of likely N-dealkylation sites (N-methyl/N-ethyl adjacent to an activating group) is 1. The first kappa shape index (κ1) is 20.0. The molecule has 0 saturated carbocycles. The van der Waals surface area contributed by atoms with Crippen LogP contribution in [0.25, 0.3) is 10.9 Å². The summed E-state index contributed by atoms with van der Waals surface area (Å²) in [6.45, 7) is 3.81. The van der Waals surface area contributed by atoms with Crippen LogP contribution in [0.5, 0.6) is 5.75 Å². The topological polar surface area (TPSA) is 57.4 Å². The largest absolute Gasteiger partial charge is 0.483 e. The smallest absolute Gasteiger partial charge is 0.259 e. The molecule has 0 spiro atoms. The summed E-state index contributed by atoms with van der Waals surface area (Å²) in [6.07, 6.45) is 4.10. The normalized spacial score (nSPS) is 11.0. The lowest BCUT2D eigenvalue weighted by atomic mass is 10.1. The summed E-state index contributed by atoms with van der Waals surface area (Å²) in [5.41, 5.74) is 5.00. The molecule has 1 aromatic heterocycles. The van der Waals surface area contributed by atoms with Crippen molar-refractivity contribution in [2.45, 2.75) is 26.3 Å². The van der Waals surface area contributed by atoms with Crippen molar-refractivity contribution in [3.05, 3.63) is 65.4 Å². The number of ether oxygens (including phenoxy) is 1. The molecule has 0 aliphatic heterocycles. The lowest BCUT2D eigenvalue weighted by Gasteiger charge is -2.14. The summed E-state index contributed by atoms with van der Waals surface area (Å²) in [7, 11) is 3.46. The van der Waals surface area contributed by atoms with Crippen LogP contribution in [0.2, 0.25) is 0 Å². The van der Waals surface area contributed by atoms with Crippen LogP contribution in [-0.4, -0.2) is 43.0 Å². The molecule has 0 aliphatic carbocycles. The molecule has 5 heteroatoms. The van der Waals surface area contributed by atoms with E-state index in [1.54, 1.807) is 14.1 Å². The van der Waals surface area contributed by atoms with Crippen LogP contribution in [-0.2, 0) is 24.2 Å². The van der Waals surface area contributed by atoms with Gasteiger partial charge >= 0.3 is 0 Å². The maximum Gasteiger partial charge on any atom is 0.259 e. The van der Waals surface area contributed by atoms with Crippen LogP contribution < -0.4 is 10.1 Å². The zero-order valence-corrected chi connectivity index (χ0v) is 16.9. The molecule has 0 atom stereocenters. The highest BCUT2D eigenvalue weighted by Gasteiger charge is 2.09. The first-order valence-electron chi connectivity index (χ1n) is 9.79. The summed E-state index contributed by atoms with van der Waals surface area (Å²) < 4.78 is 5.71. The number of hydrogen-bond acceptors (Lipinski definition) is 3. The number of aromatic amines is 1. The van der Waals surface area contributed by atoms with Crippen molar-refractivity contribution in [3.8, 4) is 5.75 Å². The molecule has 28 heavy (non-hydrogen) atoms. The van der Waals surface area contributed by atoms with Crippen molar-refractivity contribution in [2.75, 3.05) is 27.2 Å². The Morgan fingerprint density at radius 3 is 2.64 bits per heavy atom. The van der Waals surface area contributed by atoms with Gasteiger partial charge in [0, 0.05) is 43.3 Å². The van der Waals surface area contributed by atoms with Gasteiger partial charge in [0.05, 0.1) is 0 Å². The fourth-order valence-corrected chi connectivity index (χ4v) is 3.28. The standard InChI is InChI=1S/C23H29N3O2/c1-4-17-9-7-10-20-18(15-25-23(17)20)12-13-24-14-19-8-5-6-11-21(19)28-16-22(27)26(2)3/h5-11,15,24-25H,4,12-14,16H2,1-3H3. The van der Waals surface area contributed by atoms with Gasteiger partial charge in [0.2, 0.25) is 0 Å². The van der Waals surface area contributed by atoms with Gasteiger partial charge in [-0.3, -0.25) is 4.79 Å². The van der Waals surface area contributed by atoms with Crippen molar-refractivity contribution < 1.29 is 9.53 Å². The van der Waals surface area contributed by atoms with Crippen molar-refractivity contribution >= 4 is 16.8 Å². The predicted molar refractivity (Wildman–Crippen MR) is 114 cm³/mol. The van der Waals surface area contributed by atoms with Crippen LogP contribution in [0, 0.1) is 0 Å². The number of H-pyrrole nitrogens is 1. The highest BCUT2D eigenvalue weighted by atomic mass is 16.5. The third kappa shape index (κ3) is 4.73. The molecule has 148 valence electrons. The molecule has 0 fully saturated rings. The van der Waals surface area contributed by atoms with Gasteiger partial charge in [-0.15, -0.1) is 0 Å². The highest BCUT2D eigenvalue weighted by Crippen LogP contribution is 2.22. The second kappa shape index (κ2) is 9.42. The summed E-state index contributed by atoms with van der Waals surface area (Å²) in [5.74, 6) is 0.707. The number of nitrogens with one attached hydrogen (secondary N) is 2. The minimum Gasteiger partial charge on any atom is -0.483 e. The fraction of sp³-hybridized carbons (Fsp3) is 0.348. The Bertz CT molecular complexity index is 930. The van der Waals surface area contributed by atoms with E-state index >= 15 is 0 Å². The maximum atomic E-state index is 11.8. The summed E-state index contributed by atoms with van der Waals surface area (Å²) in [6, 6.07) is 14.4. The maximum absolute atomic E-state index is 11.8. The number of carbonyl (C=O) groups is 1. The van der Waals surface area contributed by atoms with Gasteiger partial charge in [-0.2, -0.15) is 0 Å². The summed E-state index contributed by atoms with van der Waals surface area (Å²) >= 11 is 0. The van der Waals surface area contributed by atoms with Gasteiger partial charge in [0.15, 0.2) is 6.61 Å². The van der Waals surface area contributed by atoms with Gasteiger partial charge < -0.3 is 19.9 Å².